The molecule has 2 N–H and O–H groups in total. The Labute approximate surface area is 131 Å². The van der Waals surface area contributed by atoms with Gasteiger partial charge in [0.1, 0.15) is 10.8 Å². The maximum Gasteiger partial charge on any atom is 0.123 e. The molecule has 2 rings (SSSR count). The topological polar surface area (TPSA) is 38.9 Å². The third-order valence-corrected chi connectivity index (χ3v) is 4.48. The molecule has 2 aromatic rings. The standard InChI is InChI=1S/C15H16BrFN2S/c1-2-13(18)8-10-7-12(17)4-5-14(10)20-15-6-3-11(16)9-19-15/h3-7,9,13H,2,8,18H2,1H3. The van der Waals surface area contributed by atoms with E-state index in [4.69, 9.17) is 5.73 Å². The third kappa shape index (κ3) is 4.30. The minimum absolute atomic E-state index is 0.0500. The molecule has 20 heavy (non-hydrogen) atoms. The lowest BCUT2D eigenvalue weighted by Crippen LogP contribution is -2.21. The molecule has 0 saturated heterocycles. The lowest BCUT2D eigenvalue weighted by Gasteiger charge is -2.13. The fourth-order valence-corrected chi connectivity index (χ4v) is 2.88. The van der Waals surface area contributed by atoms with Crippen molar-refractivity contribution >= 4 is 27.7 Å². The number of hydrogen-bond acceptors (Lipinski definition) is 3. The zero-order valence-corrected chi connectivity index (χ0v) is 13.5. The monoisotopic (exact) mass is 354 g/mol. The Balaban J connectivity index is 2.23. The first-order chi connectivity index (χ1) is 9.58. The Morgan fingerprint density at radius 3 is 2.80 bits per heavy atom. The number of pyridine rings is 1. The number of halogens is 2. The summed E-state index contributed by atoms with van der Waals surface area (Å²) in [6.07, 6.45) is 3.30. The molecule has 2 nitrogen and oxygen atoms in total. The molecule has 0 saturated carbocycles. The van der Waals surface area contributed by atoms with Crippen LogP contribution >= 0.6 is 27.7 Å². The lowest BCUT2D eigenvalue weighted by molar-refractivity contribution is 0.609. The Morgan fingerprint density at radius 1 is 1.35 bits per heavy atom. The highest BCUT2D eigenvalue weighted by molar-refractivity contribution is 9.10. The van der Waals surface area contributed by atoms with Crippen LogP contribution in [0, 0.1) is 5.82 Å². The van der Waals surface area contributed by atoms with Crippen LogP contribution in [0.2, 0.25) is 0 Å². The molecule has 0 radical (unpaired) electrons. The van der Waals surface area contributed by atoms with E-state index in [0.717, 1.165) is 26.4 Å². The van der Waals surface area contributed by atoms with Crippen LogP contribution in [-0.2, 0) is 6.42 Å². The summed E-state index contributed by atoms with van der Waals surface area (Å²) in [6, 6.07) is 8.76. The van der Waals surface area contributed by atoms with Crippen LogP contribution in [0.5, 0.6) is 0 Å². The zero-order valence-electron chi connectivity index (χ0n) is 11.1. The van der Waals surface area contributed by atoms with Gasteiger partial charge in [-0.3, -0.25) is 0 Å². The predicted molar refractivity (Wildman–Crippen MR) is 84.4 cm³/mol. The van der Waals surface area contributed by atoms with E-state index in [0.29, 0.717) is 6.42 Å². The summed E-state index contributed by atoms with van der Waals surface area (Å²) in [5, 5.41) is 0.881. The molecule has 1 heterocycles. The van der Waals surface area contributed by atoms with Crippen molar-refractivity contribution in [2.45, 2.75) is 35.7 Å². The Bertz CT molecular complexity index is 575. The van der Waals surface area contributed by atoms with Gasteiger partial charge in [0.2, 0.25) is 0 Å². The van der Waals surface area contributed by atoms with Gasteiger partial charge < -0.3 is 5.73 Å². The number of nitrogens with two attached hydrogens (primary N) is 1. The van der Waals surface area contributed by atoms with Crippen molar-refractivity contribution in [3.8, 4) is 0 Å². The molecule has 0 amide bonds. The van der Waals surface area contributed by atoms with Gasteiger partial charge in [0.25, 0.3) is 0 Å². The molecule has 1 atom stereocenters. The zero-order chi connectivity index (χ0) is 14.5. The normalized spacial score (nSPS) is 12.4. The van der Waals surface area contributed by atoms with E-state index < -0.39 is 0 Å². The van der Waals surface area contributed by atoms with Crippen molar-refractivity contribution in [1.82, 2.24) is 4.98 Å². The van der Waals surface area contributed by atoms with Crippen LogP contribution in [0.1, 0.15) is 18.9 Å². The number of rotatable bonds is 5. The molecule has 0 aliphatic rings. The van der Waals surface area contributed by atoms with Crippen LogP contribution in [0.4, 0.5) is 4.39 Å². The first-order valence-corrected chi connectivity index (χ1v) is 8.03. The van der Waals surface area contributed by atoms with Gasteiger partial charge in [-0.15, -0.1) is 0 Å². The molecule has 0 fully saturated rings. The minimum atomic E-state index is -0.226. The predicted octanol–water partition coefficient (Wildman–Crippen LogP) is 4.41. The van der Waals surface area contributed by atoms with Crippen LogP contribution in [0.3, 0.4) is 0 Å². The molecule has 5 heteroatoms. The molecular formula is C15H16BrFN2S. The quantitative estimate of drug-likeness (QED) is 0.863. The summed E-state index contributed by atoms with van der Waals surface area (Å²) in [5.74, 6) is -0.226. The van der Waals surface area contributed by atoms with Crippen molar-refractivity contribution < 1.29 is 4.39 Å². The molecule has 1 aromatic heterocycles. The second-order valence-corrected chi connectivity index (χ2v) is 6.52. The molecule has 0 aliphatic carbocycles. The Kier molecular flexibility index (Phi) is 5.57. The molecule has 1 unspecified atom stereocenters. The average molecular weight is 355 g/mol. The first kappa shape index (κ1) is 15.5. The summed E-state index contributed by atoms with van der Waals surface area (Å²) < 4.78 is 14.4. The molecule has 0 aliphatic heterocycles. The number of aromatic nitrogens is 1. The van der Waals surface area contributed by atoms with Crippen molar-refractivity contribution in [3.63, 3.8) is 0 Å². The summed E-state index contributed by atoms with van der Waals surface area (Å²) in [5.41, 5.74) is 6.92. The van der Waals surface area contributed by atoms with E-state index in [9.17, 15) is 4.39 Å². The van der Waals surface area contributed by atoms with E-state index in [1.165, 1.54) is 17.8 Å². The van der Waals surface area contributed by atoms with Gasteiger partial charge in [0.05, 0.1) is 0 Å². The van der Waals surface area contributed by atoms with Crippen molar-refractivity contribution in [2.75, 3.05) is 0 Å². The van der Waals surface area contributed by atoms with Crippen LogP contribution < -0.4 is 5.73 Å². The smallest absolute Gasteiger partial charge is 0.123 e. The fourth-order valence-electron chi connectivity index (χ4n) is 1.77. The van der Waals surface area contributed by atoms with E-state index in [2.05, 4.69) is 20.9 Å². The van der Waals surface area contributed by atoms with E-state index in [-0.39, 0.29) is 11.9 Å². The van der Waals surface area contributed by atoms with Crippen molar-refractivity contribution in [1.29, 1.82) is 0 Å². The summed E-state index contributed by atoms with van der Waals surface area (Å²) in [7, 11) is 0. The van der Waals surface area contributed by atoms with E-state index in [1.807, 2.05) is 19.1 Å². The maximum absolute atomic E-state index is 13.4. The maximum atomic E-state index is 13.4. The average Bonchev–Trinajstić information content (AvgIpc) is 2.44. The number of benzene rings is 1. The Hall–Kier alpha value is -0.910. The van der Waals surface area contributed by atoms with E-state index >= 15 is 0 Å². The van der Waals surface area contributed by atoms with E-state index in [1.54, 1.807) is 18.3 Å². The second kappa shape index (κ2) is 7.20. The fraction of sp³-hybridized carbons (Fsp3) is 0.267. The van der Waals surface area contributed by atoms with Gasteiger partial charge in [0, 0.05) is 21.6 Å². The van der Waals surface area contributed by atoms with Gasteiger partial charge in [0.15, 0.2) is 0 Å². The van der Waals surface area contributed by atoms with Gasteiger partial charge in [-0.1, -0.05) is 18.7 Å². The second-order valence-electron chi connectivity index (χ2n) is 4.54. The van der Waals surface area contributed by atoms with Gasteiger partial charge in [-0.05, 0) is 64.7 Å². The van der Waals surface area contributed by atoms with Crippen molar-refractivity contribution in [3.05, 3.63) is 52.4 Å². The largest absolute Gasteiger partial charge is 0.327 e. The SMILES string of the molecule is CCC(N)Cc1cc(F)ccc1Sc1ccc(Br)cn1. The summed E-state index contributed by atoms with van der Waals surface area (Å²) in [6.45, 7) is 2.03. The molecule has 0 spiro atoms. The molecular weight excluding hydrogens is 339 g/mol. The molecule has 1 aromatic carbocycles. The Morgan fingerprint density at radius 2 is 2.15 bits per heavy atom. The first-order valence-electron chi connectivity index (χ1n) is 6.42. The highest BCUT2D eigenvalue weighted by Crippen LogP contribution is 2.30. The minimum Gasteiger partial charge on any atom is -0.327 e. The van der Waals surface area contributed by atoms with Gasteiger partial charge >= 0.3 is 0 Å². The van der Waals surface area contributed by atoms with Crippen molar-refractivity contribution in [2.24, 2.45) is 5.73 Å². The lowest BCUT2D eigenvalue weighted by atomic mass is 10.0. The summed E-state index contributed by atoms with van der Waals surface area (Å²) >= 11 is 4.89. The van der Waals surface area contributed by atoms with Crippen LogP contribution in [0.25, 0.3) is 0 Å². The highest BCUT2D eigenvalue weighted by Gasteiger charge is 2.10. The van der Waals surface area contributed by atoms with Crippen LogP contribution in [0.15, 0.2) is 50.9 Å². The van der Waals surface area contributed by atoms with Gasteiger partial charge in [-0.2, -0.15) is 0 Å². The number of nitrogens with zero attached hydrogens (tertiary/aromatic N) is 1. The van der Waals surface area contributed by atoms with Crippen LogP contribution in [-0.4, -0.2) is 11.0 Å². The summed E-state index contributed by atoms with van der Waals surface area (Å²) in [4.78, 5) is 5.33. The third-order valence-electron chi connectivity index (χ3n) is 2.94. The molecule has 0 bridgehead atoms. The highest BCUT2D eigenvalue weighted by atomic mass is 79.9. The number of hydrogen-bond donors (Lipinski definition) is 1. The van der Waals surface area contributed by atoms with Gasteiger partial charge in [-0.25, -0.2) is 9.37 Å². The molecule has 106 valence electrons.